The summed E-state index contributed by atoms with van der Waals surface area (Å²) in [6.45, 7) is 2.42. The molecule has 0 aliphatic rings. The summed E-state index contributed by atoms with van der Waals surface area (Å²) in [5, 5.41) is 6.11. The molecular weight excluding hydrogens is 300 g/mol. The van der Waals surface area contributed by atoms with Crippen molar-refractivity contribution >= 4 is 17.3 Å². The molecule has 3 rings (SSSR count). The number of nitrogens with zero attached hydrogens (tertiary/aromatic N) is 2. The van der Waals surface area contributed by atoms with Crippen LogP contribution in [0.5, 0.6) is 0 Å². The number of rotatable bonds is 5. The van der Waals surface area contributed by atoms with Gasteiger partial charge in [0.25, 0.3) is 5.91 Å². The lowest BCUT2D eigenvalue weighted by molar-refractivity contribution is 0.0950. The van der Waals surface area contributed by atoms with Gasteiger partial charge in [-0.05, 0) is 42.8 Å². The second kappa shape index (κ2) is 7.37. The normalized spacial score (nSPS) is 10.2. The highest BCUT2D eigenvalue weighted by molar-refractivity contribution is 5.94. The molecule has 0 spiro atoms. The molecule has 0 saturated carbocycles. The number of aryl methyl sites for hydroxylation is 1. The monoisotopic (exact) mass is 318 g/mol. The Morgan fingerprint density at radius 2 is 1.96 bits per heavy atom. The summed E-state index contributed by atoms with van der Waals surface area (Å²) in [6, 6.07) is 15.4. The van der Waals surface area contributed by atoms with Gasteiger partial charge in [0.05, 0.1) is 29.7 Å². The summed E-state index contributed by atoms with van der Waals surface area (Å²) in [7, 11) is 0. The minimum Gasteiger partial charge on any atom is -0.354 e. The van der Waals surface area contributed by atoms with E-state index in [4.69, 9.17) is 0 Å². The van der Waals surface area contributed by atoms with E-state index in [-0.39, 0.29) is 5.91 Å². The van der Waals surface area contributed by atoms with Gasteiger partial charge in [0.1, 0.15) is 0 Å². The first-order chi connectivity index (χ1) is 11.7. The number of carbonyl (C=O) groups excluding carboxylic acids is 1. The van der Waals surface area contributed by atoms with Crippen molar-refractivity contribution in [3.8, 4) is 0 Å². The first-order valence-electron chi connectivity index (χ1n) is 7.67. The molecule has 2 aromatic heterocycles. The van der Waals surface area contributed by atoms with Crippen LogP contribution in [0.1, 0.15) is 21.6 Å². The van der Waals surface area contributed by atoms with Gasteiger partial charge < -0.3 is 10.6 Å². The second-order valence-corrected chi connectivity index (χ2v) is 5.46. The number of aromatic nitrogens is 2. The van der Waals surface area contributed by atoms with Crippen LogP contribution in [-0.4, -0.2) is 15.9 Å². The smallest absolute Gasteiger partial charge is 0.253 e. The number of hydrogen-bond donors (Lipinski definition) is 2. The van der Waals surface area contributed by atoms with E-state index in [0.717, 1.165) is 22.6 Å². The maximum atomic E-state index is 12.3. The average Bonchev–Trinajstić information content (AvgIpc) is 2.61. The maximum Gasteiger partial charge on any atom is 0.253 e. The summed E-state index contributed by atoms with van der Waals surface area (Å²) in [4.78, 5) is 20.6. The van der Waals surface area contributed by atoms with Crippen LogP contribution < -0.4 is 10.6 Å². The molecule has 0 bridgehead atoms. The number of pyridine rings is 2. The number of carbonyl (C=O) groups is 1. The minimum absolute atomic E-state index is 0.180. The van der Waals surface area contributed by atoms with E-state index in [0.29, 0.717) is 12.1 Å². The molecule has 3 aromatic rings. The molecule has 0 fully saturated rings. The van der Waals surface area contributed by atoms with Gasteiger partial charge in [-0.15, -0.1) is 0 Å². The maximum absolute atomic E-state index is 12.3. The summed E-state index contributed by atoms with van der Waals surface area (Å²) in [6.07, 6.45) is 4.95. The van der Waals surface area contributed by atoms with Crippen molar-refractivity contribution in [2.24, 2.45) is 0 Å². The predicted molar refractivity (Wildman–Crippen MR) is 94.1 cm³/mol. The van der Waals surface area contributed by atoms with E-state index in [1.165, 1.54) is 0 Å². The Morgan fingerprint density at radius 3 is 2.75 bits per heavy atom. The van der Waals surface area contributed by atoms with Crippen LogP contribution in [0.2, 0.25) is 0 Å². The highest BCUT2D eigenvalue weighted by Gasteiger charge is 2.07. The highest BCUT2D eigenvalue weighted by atomic mass is 16.1. The zero-order valence-electron chi connectivity index (χ0n) is 13.4. The van der Waals surface area contributed by atoms with E-state index in [1.807, 2.05) is 49.4 Å². The molecule has 0 radical (unpaired) electrons. The van der Waals surface area contributed by atoms with Crippen LogP contribution in [0, 0.1) is 6.92 Å². The molecule has 0 saturated heterocycles. The molecule has 0 aliphatic carbocycles. The number of nitrogens with one attached hydrogen (secondary N) is 2. The molecular formula is C19H18N4O. The molecule has 2 heterocycles. The van der Waals surface area contributed by atoms with Gasteiger partial charge in [-0.1, -0.05) is 18.2 Å². The molecule has 24 heavy (non-hydrogen) atoms. The van der Waals surface area contributed by atoms with Gasteiger partial charge in [0, 0.05) is 18.1 Å². The Hall–Kier alpha value is -3.21. The highest BCUT2D eigenvalue weighted by Crippen LogP contribution is 2.17. The molecule has 0 atom stereocenters. The van der Waals surface area contributed by atoms with Gasteiger partial charge in [-0.2, -0.15) is 0 Å². The van der Waals surface area contributed by atoms with Crippen molar-refractivity contribution < 1.29 is 4.79 Å². The van der Waals surface area contributed by atoms with Crippen LogP contribution in [-0.2, 0) is 6.54 Å². The second-order valence-electron chi connectivity index (χ2n) is 5.46. The van der Waals surface area contributed by atoms with Crippen LogP contribution in [0.3, 0.4) is 0 Å². The van der Waals surface area contributed by atoms with Crippen LogP contribution >= 0.6 is 0 Å². The van der Waals surface area contributed by atoms with Crippen LogP contribution in [0.25, 0.3) is 0 Å². The van der Waals surface area contributed by atoms with E-state index in [2.05, 4.69) is 20.6 Å². The van der Waals surface area contributed by atoms with Crippen LogP contribution in [0.15, 0.2) is 67.1 Å². The molecule has 5 heteroatoms. The van der Waals surface area contributed by atoms with Gasteiger partial charge in [0.2, 0.25) is 0 Å². The molecule has 0 aliphatic heterocycles. The summed E-state index contributed by atoms with van der Waals surface area (Å²) >= 11 is 0. The standard InChI is InChI=1S/C19H18N4O/c1-14-5-4-7-16(9-14)23-18-10-15(11-20-12-18)19(24)22-13-17-6-2-3-8-21-17/h2-12,23H,13H2,1H3,(H,22,24). The Labute approximate surface area is 140 Å². The van der Waals surface area contributed by atoms with Crippen molar-refractivity contribution in [1.82, 2.24) is 15.3 Å². The topological polar surface area (TPSA) is 66.9 Å². The molecule has 2 N–H and O–H groups in total. The first-order valence-corrected chi connectivity index (χ1v) is 7.67. The lowest BCUT2D eigenvalue weighted by Gasteiger charge is -2.09. The lowest BCUT2D eigenvalue weighted by atomic mass is 10.2. The Balaban J connectivity index is 1.67. The largest absolute Gasteiger partial charge is 0.354 e. The third kappa shape index (κ3) is 4.16. The fraction of sp³-hybridized carbons (Fsp3) is 0.105. The first kappa shape index (κ1) is 15.7. The van der Waals surface area contributed by atoms with Gasteiger partial charge in [0.15, 0.2) is 0 Å². The average molecular weight is 318 g/mol. The van der Waals surface area contributed by atoms with Crippen molar-refractivity contribution in [2.45, 2.75) is 13.5 Å². The summed E-state index contributed by atoms with van der Waals surface area (Å²) in [5.41, 5.74) is 4.21. The third-order valence-corrected chi connectivity index (χ3v) is 3.46. The number of anilines is 2. The van der Waals surface area contributed by atoms with Crippen LogP contribution in [0.4, 0.5) is 11.4 Å². The Morgan fingerprint density at radius 1 is 1.04 bits per heavy atom. The van der Waals surface area contributed by atoms with E-state index >= 15 is 0 Å². The van der Waals surface area contributed by atoms with Crippen molar-refractivity contribution in [2.75, 3.05) is 5.32 Å². The molecule has 0 unspecified atom stereocenters. The fourth-order valence-electron chi connectivity index (χ4n) is 2.30. The van der Waals surface area contributed by atoms with Crippen molar-refractivity contribution in [3.63, 3.8) is 0 Å². The van der Waals surface area contributed by atoms with E-state index in [9.17, 15) is 4.79 Å². The zero-order chi connectivity index (χ0) is 16.8. The fourth-order valence-corrected chi connectivity index (χ4v) is 2.30. The molecule has 5 nitrogen and oxygen atoms in total. The van der Waals surface area contributed by atoms with Gasteiger partial charge in [-0.3, -0.25) is 14.8 Å². The summed E-state index contributed by atoms with van der Waals surface area (Å²) in [5.74, 6) is -0.180. The van der Waals surface area contributed by atoms with Gasteiger partial charge >= 0.3 is 0 Å². The van der Waals surface area contributed by atoms with E-state index < -0.39 is 0 Å². The summed E-state index contributed by atoms with van der Waals surface area (Å²) < 4.78 is 0. The molecule has 120 valence electrons. The number of hydrogen-bond acceptors (Lipinski definition) is 4. The zero-order valence-corrected chi connectivity index (χ0v) is 13.4. The quantitative estimate of drug-likeness (QED) is 0.756. The van der Waals surface area contributed by atoms with Crippen molar-refractivity contribution in [1.29, 1.82) is 0 Å². The van der Waals surface area contributed by atoms with Crippen molar-refractivity contribution in [3.05, 3.63) is 83.9 Å². The molecule has 1 amide bonds. The lowest BCUT2D eigenvalue weighted by Crippen LogP contribution is -2.23. The Bertz CT molecular complexity index is 834. The number of benzene rings is 1. The van der Waals surface area contributed by atoms with Gasteiger partial charge in [-0.25, -0.2) is 0 Å². The minimum atomic E-state index is -0.180. The molecule has 1 aromatic carbocycles. The van der Waals surface area contributed by atoms with E-state index in [1.54, 1.807) is 24.7 Å². The Kier molecular flexibility index (Phi) is 4.81. The SMILES string of the molecule is Cc1cccc(Nc2cncc(C(=O)NCc3ccccn3)c2)c1. The number of amides is 1. The third-order valence-electron chi connectivity index (χ3n) is 3.46. The predicted octanol–water partition coefficient (Wildman–Crippen LogP) is 3.46.